The highest BCUT2D eigenvalue weighted by Crippen LogP contribution is 2.44. The molecule has 1 fully saturated rings. The summed E-state index contributed by atoms with van der Waals surface area (Å²) < 4.78 is 11.6. The van der Waals surface area contributed by atoms with E-state index in [1.54, 1.807) is 12.3 Å². The Morgan fingerprint density at radius 2 is 2.03 bits per heavy atom. The van der Waals surface area contributed by atoms with E-state index in [1.807, 2.05) is 37.3 Å². The van der Waals surface area contributed by atoms with Crippen LogP contribution in [0.15, 0.2) is 51.9 Å². The van der Waals surface area contributed by atoms with Crippen LogP contribution in [0, 0.1) is 5.92 Å². The Balaban J connectivity index is 1.66. The largest absolute Gasteiger partial charge is 0.507 e. The van der Waals surface area contributed by atoms with Gasteiger partial charge in [0.15, 0.2) is 0 Å². The molecule has 0 saturated heterocycles. The van der Waals surface area contributed by atoms with Crippen LogP contribution in [0.5, 0.6) is 5.75 Å². The van der Waals surface area contributed by atoms with E-state index in [4.69, 9.17) is 20.8 Å². The van der Waals surface area contributed by atoms with Gasteiger partial charge in [0.1, 0.15) is 22.7 Å². The van der Waals surface area contributed by atoms with Gasteiger partial charge in [0.25, 0.3) is 0 Å². The minimum Gasteiger partial charge on any atom is -0.507 e. The third kappa shape index (κ3) is 4.37. The zero-order valence-corrected chi connectivity index (χ0v) is 17.5. The Morgan fingerprint density at radius 1 is 1.28 bits per heavy atom. The van der Waals surface area contributed by atoms with E-state index in [-0.39, 0.29) is 17.2 Å². The maximum Gasteiger partial charge on any atom is 0.347 e. The highest BCUT2D eigenvalue weighted by molar-refractivity contribution is 6.30. The molecule has 1 aromatic carbocycles. The van der Waals surface area contributed by atoms with Gasteiger partial charge in [-0.25, -0.2) is 4.79 Å². The minimum absolute atomic E-state index is 0.0229. The molecule has 2 aliphatic rings. The Morgan fingerprint density at radius 3 is 2.62 bits per heavy atom. The summed E-state index contributed by atoms with van der Waals surface area (Å²) >= 11 is 6.01. The van der Waals surface area contributed by atoms with Crippen molar-refractivity contribution in [1.82, 2.24) is 0 Å². The second kappa shape index (κ2) is 8.27. The Hall–Kier alpha value is -2.20. The van der Waals surface area contributed by atoms with Crippen molar-refractivity contribution in [2.45, 2.75) is 63.4 Å². The number of halogens is 1. The van der Waals surface area contributed by atoms with Crippen LogP contribution in [0.2, 0.25) is 5.02 Å². The molecule has 4 rings (SSSR count). The average molecular weight is 415 g/mol. The van der Waals surface area contributed by atoms with Gasteiger partial charge in [0.05, 0.1) is 6.26 Å². The number of ether oxygens (including phenoxy) is 1. The van der Waals surface area contributed by atoms with Crippen LogP contribution in [0.25, 0.3) is 0 Å². The number of benzene rings is 1. The summed E-state index contributed by atoms with van der Waals surface area (Å²) in [6, 6.07) is 9.39. The van der Waals surface area contributed by atoms with Crippen LogP contribution in [0.1, 0.15) is 68.3 Å². The van der Waals surface area contributed by atoms with Crippen LogP contribution in [-0.2, 0) is 16.8 Å². The summed E-state index contributed by atoms with van der Waals surface area (Å²) in [6.07, 6.45) is 9.66. The Labute approximate surface area is 176 Å². The first-order valence-electron chi connectivity index (χ1n) is 10.5. The van der Waals surface area contributed by atoms with Gasteiger partial charge >= 0.3 is 5.63 Å². The van der Waals surface area contributed by atoms with Crippen LogP contribution < -0.4 is 5.63 Å². The number of rotatable bonds is 8. The van der Waals surface area contributed by atoms with Crippen molar-refractivity contribution >= 4 is 11.6 Å². The Bertz CT molecular complexity index is 932. The van der Waals surface area contributed by atoms with Gasteiger partial charge in [-0.15, -0.1) is 0 Å². The SMILES string of the molecule is CCCC1(c2c(O)cc(C(Cc3ccc(Cl)cc3)CC3CC3)oc2=O)CC=CO1. The molecule has 0 bridgehead atoms. The maximum absolute atomic E-state index is 13.0. The first-order valence-corrected chi connectivity index (χ1v) is 10.8. The zero-order valence-electron chi connectivity index (χ0n) is 16.7. The molecular formula is C24H27ClO4. The molecule has 1 N–H and O–H groups in total. The lowest BCUT2D eigenvalue weighted by molar-refractivity contribution is 0.0256. The summed E-state index contributed by atoms with van der Waals surface area (Å²) in [5.41, 5.74) is 0.0657. The molecule has 0 radical (unpaired) electrons. The molecule has 2 heterocycles. The van der Waals surface area contributed by atoms with Gasteiger partial charge in [-0.2, -0.15) is 0 Å². The van der Waals surface area contributed by atoms with Crippen LogP contribution in [-0.4, -0.2) is 5.11 Å². The molecule has 1 aromatic heterocycles. The highest BCUT2D eigenvalue weighted by atomic mass is 35.5. The zero-order chi connectivity index (χ0) is 20.4. The van der Waals surface area contributed by atoms with Crippen molar-refractivity contribution in [2.24, 2.45) is 5.92 Å². The van der Waals surface area contributed by atoms with Crippen molar-refractivity contribution in [1.29, 1.82) is 0 Å². The molecule has 1 aliphatic carbocycles. The molecule has 0 amide bonds. The lowest BCUT2D eigenvalue weighted by atomic mass is 9.86. The molecule has 0 spiro atoms. The molecule has 2 atom stereocenters. The van der Waals surface area contributed by atoms with Crippen molar-refractivity contribution < 1.29 is 14.3 Å². The molecule has 4 nitrogen and oxygen atoms in total. The van der Waals surface area contributed by atoms with E-state index in [2.05, 4.69) is 0 Å². The van der Waals surface area contributed by atoms with Crippen LogP contribution >= 0.6 is 11.6 Å². The van der Waals surface area contributed by atoms with E-state index < -0.39 is 11.2 Å². The van der Waals surface area contributed by atoms with Gasteiger partial charge in [0.2, 0.25) is 0 Å². The second-order valence-corrected chi connectivity index (χ2v) is 8.78. The van der Waals surface area contributed by atoms with Gasteiger partial charge in [-0.3, -0.25) is 0 Å². The summed E-state index contributed by atoms with van der Waals surface area (Å²) in [6.45, 7) is 2.04. The lowest BCUT2D eigenvalue weighted by Crippen LogP contribution is -2.31. The van der Waals surface area contributed by atoms with Crippen molar-refractivity contribution in [3.63, 3.8) is 0 Å². The van der Waals surface area contributed by atoms with Crippen LogP contribution in [0.3, 0.4) is 0 Å². The smallest absolute Gasteiger partial charge is 0.347 e. The molecular weight excluding hydrogens is 388 g/mol. The number of hydrogen-bond acceptors (Lipinski definition) is 4. The monoisotopic (exact) mass is 414 g/mol. The normalized spacial score (nSPS) is 21.9. The molecule has 1 saturated carbocycles. The number of aromatic hydroxyl groups is 1. The first-order chi connectivity index (χ1) is 14.0. The summed E-state index contributed by atoms with van der Waals surface area (Å²) in [7, 11) is 0. The summed E-state index contributed by atoms with van der Waals surface area (Å²) in [5.74, 6) is 1.23. The van der Waals surface area contributed by atoms with Crippen LogP contribution in [0.4, 0.5) is 0 Å². The highest BCUT2D eigenvalue weighted by Gasteiger charge is 2.41. The van der Waals surface area contributed by atoms with E-state index in [0.717, 1.165) is 24.8 Å². The molecule has 154 valence electrons. The van der Waals surface area contributed by atoms with Crippen molar-refractivity contribution in [3.8, 4) is 5.75 Å². The molecule has 5 heteroatoms. The fraction of sp³-hybridized carbons (Fsp3) is 0.458. The summed E-state index contributed by atoms with van der Waals surface area (Å²) in [5, 5.41) is 11.5. The fourth-order valence-electron chi connectivity index (χ4n) is 4.40. The molecule has 1 aliphatic heterocycles. The lowest BCUT2D eigenvalue weighted by Gasteiger charge is -2.28. The van der Waals surface area contributed by atoms with E-state index in [1.165, 1.54) is 12.8 Å². The minimum atomic E-state index is -0.819. The fourth-order valence-corrected chi connectivity index (χ4v) is 4.52. The maximum atomic E-state index is 13.0. The first kappa shape index (κ1) is 20.1. The quantitative estimate of drug-likeness (QED) is 0.570. The predicted molar refractivity (Wildman–Crippen MR) is 113 cm³/mol. The van der Waals surface area contributed by atoms with E-state index in [0.29, 0.717) is 29.5 Å². The van der Waals surface area contributed by atoms with Gasteiger partial charge in [-0.05, 0) is 49.0 Å². The van der Waals surface area contributed by atoms with Gasteiger partial charge in [0, 0.05) is 23.4 Å². The number of hydrogen-bond donors (Lipinski definition) is 1. The third-order valence-corrected chi connectivity index (χ3v) is 6.26. The molecule has 2 aromatic rings. The van der Waals surface area contributed by atoms with Crippen molar-refractivity contribution in [3.05, 3.63) is 75.0 Å². The average Bonchev–Trinajstić information content (AvgIpc) is 3.39. The van der Waals surface area contributed by atoms with E-state index >= 15 is 0 Å². The van der Waals surface area contributed by atoms with E-state index in [9.17, 15) is 9.90 Å². The molecule has 29 heavy (non-hydrogen) atoms. The summed E-state index contributed by atoms with van der Waals surface area (Å²) in [4.78, 5) is 13.0. The third-order valence-electron chi connectivity index (χ3n) is 6.01. The standard InChI is InChI=1S/C24H27ClO4/c1-2-10-24(11-3-12-28-24)22-20(26)15-21(29-23(22)27)18(13-16-4-5-16)14-17-6-8-19(25)9-7-17/h3,6-9,12,15-16,18,26H,2,4-5,10-11,13-14H2,1H3. The van der Waals surface area contributed by atoms with Crippen molar-refractivity contribution in [2.75, 3.05) is 0 Å². The molecule has 2 unspecified atom stereocenters. The predicted octanol–water partition coefficient (Wildman–Crippen LogP) is 6.05. The van der Waals surface area contributed by atoms with Gasteiger partial charge < -0.3 is 14.3 Å². The van der Waals surface area contributed by atoms with Gasteiger partial charge in [-0.1, -0.05) is 49.9 Å². The Kier molecular flexibility index (Phi) is 5.73. The second-order valence-electron chi connectivity index (χ2n) is 8.34. The topological polar surface area (TPSA) is 59.7 Å².